The van der Waals surface area contributed by atoms with Gasteiger partial charge in [0, 0.05) is 16.7 Å². The molecule has 0 aliphatic carbocycles. The number of nitrogens with zero attached hydrogens (tertiary/aromatic N) is 3. The summed E-state index contributed by atoms with van der Waals surface area (Å²) in [5, 5.41) is 10.9. The molecule has 2 aromatic rings. The molecule has 1 aromatic carbocycles. The van der Waals surface area contributed by atoms with Crippen LogP contribution in [-0.2, 0) is 0 Å². The van der Waals surface area contributed by atoms with Gasteiger partial charge in [0.25, 0.3) is 0 Å². The minimum Gasteiger partial charge on any atom is -0.431 e. The SMILES string of the molecule is O=[N+]([O-])c1cc(Br)ccc1Oc1ncncc1I. The van der Waals surface area contributed by atoms with E-state index < -0.39 is 4.92 Å². The van der Waals surface area contributed by atoms with Crippen molar-refractivity contribution in [1.82, 2.24) is 9.97 Å². The predicted octanol–water partition coefficient (Wildman–Crippen LogP) is 3.54. The van der Waals surface area contributed by atoms with Gasteiger partial charge in [-0.25, -0.2) is 9.97 Å². The van der Waals surface area contributed by atoms with Crippen LogP contribution in [0.4, 0.5) is 5.69 Å². The number of ether oxygens (including phenoxy) is 1. The molecule has 2 rings (SSSR count). The van der Waals surface area contributed by atoms with Crippen molar-refractivity contribution in [1.29, 1.82) is 0 Å². The second-order valence-electron chi connectivity index (χ2n) is 3.15. The van der Waals surface area contributed by atoms with Crippen LogP contribution in [0.5, 0.6) is 11.6 Å². The first kappa shape index (κ1) is 13.1. The highest BCUT2D eigenvalue weighted by Gasteiger charge is 2.17. The maximum atomic E-state index is 10.9. The van der Waals surface area contributed by atoms with Gasteiger partial charge in [-0.05, 0) is 34.7 Å². The van der Waals surface area contributed by atoms with E-state index in [2.05, 4.69) is 25.9 Å². The summed E-state index contributed by atoms with van der Waals surface area (Å²) in [6.07, 6.45) is 2.88. The molecule has 0 saturated carbocycles. The summed E-state index contributed by atoms with van der Waals surface area (Å²) >= 11 is 5.17. The molecule has 0 aliphatic rings. The Morgan fingerprint density at radius 1 is 1.44 bits per heavy atom. The van der Waals surface area contributed by atoms with Crippen molar-refractivity contribution in [2.45, 2.75) is 0 Å². The lowest BCUT2D eigenvalue weighted by molar-refractivity contribution is -0.385. The predicted molar refractivity (Wildman–Crippen MR) is 75.6 cm³/mol. The summed E-state index contributed by atoms with van der Waals surface area (Å²) in [6.45, 7) is 0. The second-order valence-corrected chi connectivity index (χ2v) is 5.22. The zero-order chi connectivity index (χ0) is 13.1. The molecule has 6 nitrogen and oxygen atoms in total. The third-order valence-corrected chi connectivity index (χ3v) is 3.19. The van der Waals surface area contributed by atoms with Crippen molar-refractivity contribution < 1.29 is 9.66 Å². The van der Waals surface area contributed by atoms with Gasteiger partial charge in [0.05, 0.1) is 8.49 Å². The molecule has 1 heterocycles. The number of rotatable bonds is 3. The molecule has 0 unspecified atom stereocenters. The van der Waals surface area contributed by atoms with Gasteiger partial charge in [0.1, 0.15) is 6.33 Å². The van der Waals surface area contributed by atoms with Crippen LogP contribution in [0.15, 0.2) is 35.2 Å². The van der Waals surface area contributed by atoms with E-state index >= 15 is 0 Å². The van der Waals surface area contributed by atoms with Crippen LogP contribution in [0.2, 0.25) is 0 Å². The highest BCUT2D eigenvalue weighted by molar-refractivity contribution is 14.1. The second kappa shape index (κ2) is 5.57. The van der Waals surface area contributed by atoms with E-state index in [1.807, 2.05) is 22.6 Å². The summed E-state index contributed by atoms with van der Waals surface area (Å²) in [4.78, 5) is 18.2. The molecular formula is C10H5BrIN3O3. The first-order chi connectivity index (χ1) is 8.58. The highest BCUT2D eigenvalue weighted by atomic mass is 127. The van der Waals surface area contributed by atoms with Crippen LogP contribution in [0.25, 0.3) is 0 Å². The van der Waals surface area contributed by atoms with Crippen LogP contribution in [0.3, 0.4) is 0 Å². The smallest absolute Gasteiger partial charge is 0.312 e. The van der Waals surface area contributed by atoms with Gasteiger partial charge in [0.2, 0.25) is 11.6 Å². The summed E-state index contributed by atoms with van der Waals surface area (Å²) in [5.41, 5.74) is -0.126. The monoisotopic (exact) mass is 421 g/mol. The van der Waals surface area contributed by atoms with E-state index in [0.29, 0.717) is 8.04 Å². The van der Waals surface area contributed by atoms with Gasteiger partial charge >= 0.3 is 5.69 Å². The number of hydrogen-bond donors (Lipinski definition) is 0. The van der Waals surface area contributed by atoms with Crippen LogP contribution in [0.1, 0.15) is 0 Å². The average molecular weight is 422 g/mol. The van der Waals surface area contributed by atoms with Crippen molar-refractivity contribution in [3.8, 4) is 11.6 Å². The molecule has 0 spiro atoms. The van der Waals surface area contributed by atoms with E-state index in [4.69, 9.17) is 4.74 Å². The molecule has 8 heteroatoms. The van der Waals surface area contributed by atoms with Crippen molar-refractivity contribution in [2.75, 3.05) is 0 Å². The standard InChI is InChI=1S/C10H5BrIN3O3/c11-6-1-2-9(8(3-6)15(16)17)18-10-7(12)4-13-5-14-10/h1-5H. The maximum absolute atomic E-state index is 10.9. The highest BCUT2D eigenvalue weighted by Crippen LogP contribution is 2.33. The molecule has 0 aliphatic heterocycles. The van der Waals surface area contributed by atoms with Gasteiger partial charge in [-0.1, -0.05) is 15.9 Å². The minimum absolute atomic E-state index is 0.126. The number of nitro groups is 1. The van der Waals surface area contributed by atoms with Gasteiger partial charge in [-0.15, -0.1) is 0 Å². The third kappa shape index (κ3) is 2.93. The Kier molecular flexibility index (Phi) is 4.07. The van der Waals surface area contributed by atoms with Crippen LogP contribution < -0.4 is 4.74 Å². The number of hydrogen-bond acceptors (Lipinski definition) is 5. The van der Waals surface area contributed by atoms with E-state index in [1.165, 1.54) is 18.5 Å². The van der Waals surface area contributed by atoms with Gasteiger partial charge in [-0.3, -0.25) is 10.1 Å². The first-order valence-electron chi connectivity index (χ1n) is 4.65. The quantitative estimate of drug-likeness (QED) is 0.430. The zero-order valence-electron chi connectivity index (χ0n) is 8.71. The molecular weight excluding hydrogens is 417 g/mol. The molecule has 0 bridgehead atoms. The molecule has 0 saturated heterocycles. The molecule has 0 atom stereocenters. The van der Waals surface area contributed by atoms with Gasteiger partial charge in [-0.2, -0.15) is 0 Å². The van der Waals surface area contributed by atoms with Gasteiger partial charge < -0.3 is 4.74 Å². The summed E-state index contributed by atoms with van der Waals surface area (Å²) in [5.74, 6) is 0.427. The van der Waals surface area contributed by atoms with E-state index in [0.717, 1.165) is 0 Å². The van der Waals surface area contributed by atoms with E-state index in [1.54, 1.807) is 12.3 Å². The lowest BCUT2D eigenvalue weighted by atomic mass is 10.3. The molecule has 0 fully saturated rings. The Morgan fingerprint density at radius 2 is 2.22 bits per heavy atom. The fourth-order valence-corrected chi connectivity index (χ4v) is 1.96. The fourth-order valence-electron chi connectivity index (χ4n) is 1.20. The van der Waals surface area contributed by atoms with Crippen LogP contribution in [-0.4, -0.2) is 14.9 Å². The first-order valence-corrected chi connectivity index (χ1v) is 6.52. The maximum Gasteiger partial charge on any atom is 0.312 e. The number of halogens is 2. The van der Waals surface area contributed by atoms with Crippen molar-refractivity contribution in [2.24, 2.45) is 0 Å². The Labute approximate surface area is 124 Å². The normalized spacial score (nSPS) is 10.1. The zero-order valence-corrected chi connectivity index (χ0v) is 12.5. The van der Waals surface area contributed by atoms with Crippen LogP contribution in [0, 0.1) is 13.7 Å². The molecule has 92 valence electrons. The van der Waals surface area contributed by atoms with Crippen LogP contribution >= 0.6 is 38.5 Å². The molecule has 0 radical (unpaired) electrons. The molecule has 0 amide bonds. The Morgan fingerprint density at radius 3 is 2.89 bits per heavy atom. The molecule has 1 aromatic heterocycles. The van der Waals surface area contributed by atoms with Crippen molar-refractivity contribution in [3.05, 3.63) is 48.9 Å². The van der Waals surface area contributed by atoms with E-state index in [9.17, 15) is 10.1 Å². The minimum atomic E-state index is -0.506. The average Bonchev–Trinajstić information content (AvgIpc) is 2.34. The summed E-state index contributed by atoms with van der Waals surface area (Å²) < 4.78 is 6.72. The Bertz CT molecular complexity index is 609. The fraction of sp³-hybridized carbons (Fsp3) is 0. The lowest BCUT2D eigenvalue weighted by Gasteiger charge is -2.06. The number of benzene rings is 1. The largest absolute Gasteiger partial charge is 0.431 e. The molecule has 18 heavy (non-hydrogen) atoms. The number of aromatic nitrogens is 2. The summed E-state index contributed by atoms with van der Waals surface area (Å²) in [6, 6.07) is 4.56. The van der Waals surface area contributed by atoms with E-state index in [-0.39, 0.29) is 17.3 Å². The summed E-state index contributed by atoms with van der Waals surface area (Å²) in [7, 11) is 0. The molecule has 0 N–H and O–H groups in total. The third-order valence-electron chi connectivity index (χ3n) is 1.96. The topological polar surface area (TPSA) is 78.2 Å². The Balaban J connectivity index is 2.41. The number of nitro benzene ring substituents is 1. The van der Waals surface area contributed by atoms with Crippen molar-refractivity contribution in [3.63, 3.8) is 0 Å². The van der Waals surface area contributed by atoms with Crippen molar-refractivity contribution >= 4 is 44.2 Å². The lowest BCUT2D eigenvalue weighted by Crippen LogP contribution is -1.96. The van der Waals surface area contributed by atoms with Gasteiger partial charge in [0.15, 0.2) is 0 Å². The Hall–Kier alpha value is -1.29.